The molecule has 4 aromatic carbocycles. The third-order valence-electron chi connectivity index (χ3n) is 6.36. The van der Waals surface area contributed by atoms with Crippen LogP contribution in [0.25, 0.3) is 32.8 Å². The summed E-state index contributed by atoms with van der Waals surface area (Å²) in [6.45, 7) is 2.66. The summed E-state index contributed by atoms with van der Waals surface area (Å²) in [5.41, 5.74) is 5.06. The van der Waals surface area contributed by atoms with E-state index in [-0.39, 0.29) is 0 Å². The van der Waals surface area contributed by atoms with Gasteiger partial charge in [-0.3, -0.25) is 0 Å². The predicted molar refractivity (Wildman–Crippen MR) is 140 cm³/mol. The highest BCUT2D eigenvalue weighted by Crippen LogP contribution is 2.37. The molecule has 0 saturated heterocycles. The number of nitrogens with one attached hydrogen (secondary N) is 1. The first-order valence-corrected chi connectivity index (χ1v) is 11.8. The van der Waals surface area contributed by atoms with Gasteiger partial charge < -0.3 is 19.6 Å². The van der Waals surface area contributed by atoms with E-state index in [1.54, 1.807) is 0 Å². The second-order valence-corrected chi connectivity index (χ2v) is 8.63. The molecule has 0 bridgehead atoms. The van der Waals surface area contributed by atoms with Crippen LogP contribution < -0.4 is 9.47 Å². The zero-order valence-electron chi connectivity index (χ0n) is 19.6. The zero-order valence-corrected chi connectivity index (χ0v) is 19.6. The Morgan fingerprint density at radius 2 is 1.54 bits per heavy atom. The lowest BCUT2D eigenvalue weighted by Crippen LogP contribution is -2.05. The number of unbranched alkanes of at least 4 members (excludes halogenated alkanes) is 1. The van der Waals surface area contributed by atoms with Gasteiger partial charge in [-0.05, 0) is 48.8 Å². The largest absolute Gasteiger partial charge is 0.512 e. The van der Waals surface area contributed by atoms with Crippen molar-refractivity contribution in [1.29, 1.82) is 0 Å². The second-order valence-electron chi connectivity index (χ2n) is 8.63. The topological polar surface area (TPSA) is 71.6 Å². The summed E-state index contributed by atoms with van der Waals surface area (Å²) in [6, 6.07) is 28.5. The molecular formula is C30H27NO4. The van der Waals surface area contributed by atoms with Crippen molar-refractivity contribution in [1.82, 2.24) is 4.98 Å². The Balaban J connectivity index is 1.35. The van der Waals surface area contributed by atoms with Crippen LogP contribution in [0.15, 0.2) is 84.9 Å². The van der Waals surface area contributed by atoms with Gasteiger partial charge in [-0.25, -0.2) is 4.79 Å². The van der Waals surface area contributed by atoms with Crippen molar-refractivity contribution >= 4 is 27.8 Å². The molecule has 0 radical (unpaired) electrons. The summed E-state index contributed by atoms with van der Waals surface area (Å²) in [5.74, 6) is 1.18. The SMILES string of the molecule is Cc1ccccc1-c1cccc2c(CCCCOc3cccc4ccccc34)c(OC(=O)O)[nH]c12. The molecule has 1 aromatic heterocycles. The van der Waals surface area contributed by atoms with E-state index in [9.17, 15) is 9.90 Å². The predicted octanol–water partition coefficient (Wildman–Crippen LogP) is 7.76. The number of aromatic amines is 1. The molecule has 176 valence electrons. The Hall–Kier alpha value is -4.25. The van der Waals surface area contributed by atoms with Crippen LogP contribution in [0.2, 0.25) is 0 Å². The minimum atomic E-state index is -1.32. The highest BCUT2D eigenvalue weighted by molar-refractivity contribution is 5.98. The molecule has 0 aliphatic heterocycles. The number of carboxylic acid groups (broad SMARTS) is 1. The van der Waals surface area contributed by atoms with E-state index in [1.807, 2.05) is 54.6 Å². The Morgan fingerprint density at radius 3 is 2.40 bits per heavy atom. The molecule has 0 aliphatic carbocycles. The first-order valence-electron chi connectivity index (χ1n) is 11.8. The highest BCUT2D eigenvalue weighted by Gasteiger charge is 2.18. The Kier molecular flexibility index (Phi) is 6.40. The summed E-state index contributed by atoms with van der Waals surface area (Å²) >= 11 is 0. The summed E-state index contributed by atoms with van der Waals surface area (Å²) in [6.07, 6.45) is 1.02. The Labute approximate surface area is 203 Å². The van der Waals surface area contributed by atoms with Crippen molar-refractivity contribution in [2.24, 2.45) is 0 Å². The fourth-order valence-corrected chi connectivity index (χ4v) is 4.68. The van der Waals surface area contributed by atoms with E-state index in [2.05, 4.69) is 42.2 Å². The van der Waals surface area contributed by atoms with Gasteiger partial charge in [0.1, 0.15) is 5.75 Å². The van der Waals surface area contributed by atoms with Gasteiger partial charge in [0.05, 0.1) is 12.1 Å². The molecule has 35 heavy (non-hydrogen) atoms. The number of aryl methyl sites for hydroxylation is 2. The van der Waals surface area contributed by atoms with E-state index in [0.717, 1.165) is 62.5 Å². The minimum absolute atomic E-state index is 0.295. The highest BCUT2D eigenvalue weighted by atomic mass is 16.7. The number of fused-ring (bicyclic) bond motifs is 2. The molecule has 5 heteroatoms. The average Bonchev–Trinajstić information content (AvgIpc) is 3.21. The van der Waals surface area contributed by atoms with Crippen molar-refractivity contribution in [2.45, 2.75) is 26.2 Å². The van der Waals surface area contributed by atoms with Crippen LogP contribution in [0, 0.1) is 6.92 Å². The number of hydrogen-bond acceptors (Lipinski definition) is 3. The molecule has 1 heterocycles. The first kappa shape index (κ1) is 22.5. The Morgan fingerprint density at radius 1 is 0.829 bits per heavy atom. The lowest BCUT2D eigenvalue weighted by atomic mass is 9.97. The van der Waals surface area contributed by atoms with E-state index in [4.69, 9.17) is 9.47 Å². The van der Waals surface area contributed by atoms with Crippen LogP contribution in [0.4, 0.5) is 4.79 Å². The lowest BCUT2D eigenvalue weighted by molar-refractivity contribution is 0.142. The van der Waals surface area contributed by atoms with Crippen LogP contribution in [0.1, 0.15) is 24.0 Å². The molecule has 5 nitrogen and oxygen atoms in total. The van der Waals surface area contributed by atoms with Crippen molar-refractivity contribution in [3.8, 4) is 22.8 Å². The normalized spacial score (nSPS) is 11.1. The smallest absolute Gasteiger partial charge is 0.493 e. The fraction of sp³-hybridized carbons (Fsp3) is 0.167. The molecule has 5 aromatic rings. The maximum Gasteiger partial charge on any atom is 0.512 e. The second kappa shape index (κ2) is 9.94. The van der Waals surface area contributed by atoms with E-state index < -0.39 is 6.16 Å². The first-order chi connectivity index (χ1) is 17.1. The van der Waals surface area contributed by atoms with E-state index >= 15 is 0 Å². The van der Waals surface area contributed by atoms with Crippen LogP contribution in [0.3, 0.4) is 0 Å². The number of para-hydroxylation sites is 1. The molecule has 0 spiro atoms. The zero-order chi connectivity index (χ0) is 24.2. The fourth-order valence-electron chi connectivity index (χ4n) is 4.68. The molecule has 0 saturated carbocycles. The number of aromatic nitrogens is 1. The molecule has 0 unspecified atom stereocenters. The van der Waals surface area contributed by atoms with Gasteiger partial charge in [0, 0.05) is 21.9 Å². The number of benzene rings is 4. The van der Waals surface area contributed by atoms with E-state index in [0.29, 0.717) is 18.9 Å². The minimum Gasteiger partial charge on any atom is -0.493 e. The van der Waals surface area contributed by atoms with Gasteiger partial charge in [0.2, 0.25) is 5.88 Å². The monoisotopic (exact) mass is 465 g/mol. The quantitative estimate of drug-likeness (QED) is 0.181. The molecule has 0 atom stereocenters. The number of ether oxygens (including phenoxy) is 2. The molecular weight excluding hydrogens is 438 g/mol. The number of H-pyrrole nitrogens is 1. The van der Waals surface area contributed by atoms with Crippen molar-refractivity contribution in [3.63, 3.8) is 0 Å². The van der Waals surface area contributed by atoms with Gasteiger partial charge in [0.15, 0.2) is 0 Å². The third-order valence-corrected chi connectivity index (χ3v) is 6.36. The number of rotatable bonds is 8. The van der Waals surface area contributed by atoms with Gasteiger partial charge in [0.25, 0.3) is 0 Å². The molecule has 2 N–H and O–H groups in total. The molecule has 0 aliphatic rings. The third kappa shape index (κ3) is 4.71. The van der Waals surface area contributed by atoms with Crippen molar-refractivity contribution in [2.75, 3.05) is 6.61 Å². The summed E-state index contributed by atoms with van der Waals surface area (Å²) < 4.78 is 11.2. The number of carbonyl (C=O) groups is 1. The molecule has 5 rings (SSSR count). The van der Waals surface area contributed by atoms with Crippen molar-refractivity contribution in [3.05, 3.63) is 96.1 Å². The number of hydrogen-bond donors (Lipinski definition) is 2. The summed E-state index contributed by atoms with van der Waals surface area (Å²) in [7, 11) is 0. The summed E-state index contributed by atoms with van der Waals surface area (Å²) in [5, 5.41) is 12.6. The van der Waals surface area contributed by atoms with Crippen LogP contribution in [-0.4, -0.2) is 22.9 Å². The lowest BCUT2D eigenvalue weighted by Gasteiger charge is -2.09. The van der Waals surface area contributed by atoms with Crippen LogP contribution in [-0.2, 0) is 6.42 Å². The molecule has 0 amide bonds. The van der Waals surface area contributed by atoms with Gasteiger partial charge in [-0.2, -0.15) is 0 Å². The van der Waals surface area contributed by atoms with E-state index in [1.165, 1.54) is 0 Å². The van der Waals surface area contributed by atoms with Crippen molar-refractivity contribution < 1.29 is 19.4 Å². The molecule has 0 fully saturated rings. The van der Waals surface area contributed by atoms with Gasteiger partial charge in [-0.1, -0.05) is 78.9 Å². The van der Waals surface area contributed by atoms with Crippen LogP contribution in [0.5, 0.6) is 11.6 Å². The van der Waals surface area contributed by atoms with Crippen LogP contribution >= 0.6 is 0 Å². The Bertz CT molecular complexity index is 1500. The average molecular weight is 466 g/mol. The standard InChI is InChI=1S/C30H27NO4/c1-20-10-2-4-13-22(20)24-16-9-17-25-26(29(31-28(24)25)35-30(32)33)15-6-7-19-34-27-18-8-12-21-11-3-5-14-23(21)27/h2-5,8-14,16-18,31H,6-7,15,19H2,1H3,(H,32,33). The van der Waals surface area contributed by atoms with Gasteiger partial charge in [-0.15, -0.1) is 0 Å². The maximum atomic E-state index is 11.4. The van der Waals surface area contributed by atoms with Gasteiger partial charge >= 0.3 is 6.16 Å². The summed E-state index contributed by atoms with van der Waals surface area (Å²) in [4.78, 5) is 14.6. The maximum absolute atomic E-state index is 11.4.